The molecule has 0 radical (unpaired) electrons. The molecule has 2 N–H and O–H groups in total. The average Bonchev–Trinajstić information content (AvgIpc) is 2.88. The summed E-state index contributed by atoms with van der Waals surface area (Å²) in [5, 5.41) is 11.8. The fourth-order valence-electron chi connectivity index (χ4n) is 1.90. The van der Waals surface area contributed by atoms with Crippen molar-refractivity contribution in [1.82, 2.24) is 4.90 Å². The molecule has 1 aromatic carbocycles. The van der Waals surface area contributed by atoms with E-state index in [1.807, 2.05) is 37.2 Å². The summed E-state index contributed by atoms with van der Waals surface area (Å²) in [4.78, 5) is 26.5. The standard InChI is InChI=1S/C13H17N3O3S/c1-15(2)10-5-3-4-9(6-10)14-13(19)16-8-20-7-11(16)12(17)18/h3-6,11H,7-8H2,1-2H3,(H,14,19)(H,17,18). The lowest BCUT2D eigenvalue weighted by molar-refractivity contribution is -0.140. The monoisotopic (exact) mass is 295 g/mol. The molecule has 1 aliphatic heterocycles. The van der Waals surface area contributed by atoms with Crippen LogP contribution < -0.4 is 10.2 Å². The van der Waals surface area contributed by atoms with Gasteiger partial charge in [0.1, 0.15) is 6.04 Å². The van der Waals surface area contributed by atoms with E-state index in [-0.39, 0.29) is 6.03 Å². The Morgan fingerprint density at radius 2 is 2.20 bits per heavy atom. The number of carboxylic acid groups (broad SMARTS) is 1. The second kappa shape index (κ2) is 6.04. The molecule has 1 aliphatic rings. The third-order valence-corrected chi connectivity index (χ3v) is 4.05. The number of urea groups is 1. The van der Waals surface area contributed by atoms with Gasteiger partial charge in [0.2, 0.25) is 0 Å². The summed E-state index contributed by atoms with van der Waals surface area (Å²) < 4.78 is 0. The number of hydrogen-bond acceptors (Lipinski definition) is 4. The molecule has 0 saturated carbocycles. The first-order chi connectivity index (χ1) is 9.49. The summed E-state index contributed by atoms with van der Waals surface area (Å²) in [5.74, 6) is -0.136. The molecule has 1 saturated heterocycles. The number of carbonyl (C=O) groups is 2. The van der Waals surface area contributed by atoms with Gasteiger partial charge in [0, 0.05) is 31.2 Å². The molecule has 6 nitrogen and oxygen atoms in total. The zero-order valence-corrected chi connectivity index (χ0v) is 12.2. The predicted octanol–water partition coefficient (Wildman–Crippen LogP) is 1.74. The van der Waals surface area contributed by atoms with E-state index < -0.39 is 12.0 Å². The number of anilines is 2. The van der Waals surface area contributed by atoms with E-state index in [1.54, 1.807) is 6.07 Å². The Kier molecular flexibility index (Phi) is 4.39. The fourth-order valence-corrected chi connectivity index (χ4v) is 3.05. The highest BCUT2D eigenvalue weighted by molar-refractivity contribution is 7.99. The van der Waals surface area contributed by atoms with Crippen molar-refractivity contribution >= 4 is 35.1 Å². The van der Waals surface area contributed by atoms with Gasteiger partial charge in [0.25, 0.3) is 0 Å². The van der Waals surface area contributed by atoms with Gasteiger partial charge in [-0.15, -0.1) is 11.8 Å². The van der Waals surface area contributed by atoms with Gasteiger partial charge >= 0.3 is 12.0 Å². The lowest BCUT2D eigenvalue weighted by Crippen LogP contribution is -2.43. The van der Waals surface area contributed by atoms with Gasteiger partial charge in [-0.1, -0.05) is 6.07 Å². The van der Waals surface area contributed by atoms with E-state index in [4.69, 9.17) is 5.11 Å². The molecule has 20 heavy (non-hydrogen) atoms. The summed E-state index contributed by atoms with van der Waals surface area (Å²) in [6.45, 7) is 0. The van der Waals surface area contributed by atoms with Crippen molar-refractivity contribution in [1.29, 1.82) is 0 Å². The number of hydrogen-bond donors (Lipinski definition) is 2. The van der Waals surface area contributed by atoms with Crippen LogP contribution in [0.25, 0.3) is 0 Å². The topological polar surface area (TPSA) is 72.9 Å². The van der Waals surface area contributed by atoms with Crippen LogP contribution in [0.15, 0.2) is 24.3 Å². The Morgan fingerprint density at radius 3 is 2.85 bits per heavy atom. The Balaban J connectivity index is 2.08. The van der Waals surface area contributed by atoms with E-state index >= 15 is 0 Å². The quantitative estimate of drug-likeness (QED) is 0.888. The van der Waals surface area contributed by atoms with Crippen LogP contribution in [-0.4, -0.2) is 53.8 Å². The number of nitrogens with zero attached hydrogens (tertiary/aromatic N) is 2. The van der Waals surface area contributed by atoms with Gasteiger partial charge in [-0.25, -0.2) is 9.59 Å². The smallest absolute Gasteiger partial charge is 0.327 e. The molecule has 7 heteroatoms. The number of benzene rings is 1. The van der Waals surface area contributed by atoms with Gasteiger partial charge in [-0.2, -0.15) is 0 Å². The molecule has 1 unspecified atom stereocenters. The molecule has 108 valence electrons. The molecule has 0 spiro atoms. The maximum absolute atomic E-state index is 12.1. The number of carbonyl (C=O) groups excluding carboxylic acids is 1. The van der Waals surface area contributed by atoms with Crippen LogP contribution in [0, 0.1) is 0 Å². The lowest BCUT2D eigenvalue weighted by atomic mass is 10.2. The predicted molar refractivity (Wildman–Crippen MR) is 80.4 cm³/mol. The Hall–Kier alpha value is -1.89. The van der Waals surface area contributed by atoms with Crippen LogP contribution in [0.5, 0.6) is 0 Å². The molecule has 1 heterocycles. The van der Waals surface area contributed by atoms with Crippen LogP contribution in [0.4, 0.5) is 16.2 Å². The average molecular weight is 295 g/mol. The Morgan fingerprint density at radius 1 is 1.45 bits per heavy atom. The molecule has 2 rings (SSSR count). The van der Waals surface area contributed by atoms with Gasteiger partial charge in [-0.3, -0.25) is 0 Å². The highest BCUT2D eigenvalue weighted by Gasteiger charge is 2.34. The van der Waals surface area contributed by atoms with E-state index in [2.05, 4.69) is 5.32 Å². The minimum Gasteiger partial charge on any atom is -0.480 e. The molecule has 1 fully saturated rings. The van der Waals surface area contributed by atoms with Crippen LogP contribution in [-0.2, 0) is 4.79 Å². The Labute approximate surface area is 121 Å². The number of nitrogens with one attached hydrogen (secondary N) is 1. The van der Waals surface area contributed by atoms with E-state index in [1.165, 1.54) is 16.7 Å². The first-order valence-electron chi connectivity index (χ1n) is 6.14. The van der Waals surface area contributed by atoms with Gasteiger partial charge in [0.05, 0.1) is 5.88 Å². The molecular formula is C13H17N3O3S. The lowest BCUT2D eigenvalue weighted by Gasteiger charge is -2.21. The Bertz CT molecular complexity index is 521. The molecular weight excluding hydrogens is 278 g/mol. The van der Waals surface area contributed by atoms with E-state index in [9.17, 15) is 9.59 Å². The first-order valence-corrected chi connectivity index (χ1v) is 7.30. The maximum atomic E-state index is 12.1. The van der Waals surface area contributed by atoms with Crippen LogP contribution in [0.3, 0.4) is 0 Å². The number of thioether (sulfide) groups is 1. The maximum Gasteiger partial charge on any atom is 0.327 e. The highest BCUT2D eigenvalue weighted by atomic mass is 32.2. The molecule has 0 aliphatic carbocycles. The summed E-state index contributed by atoms with van der Waals surface area (Å²) in [5.41, 5.74) is 1.62. The number of amides is 2. The van der Waals surface area contributed by atoms with Crippen molar-refractivity contribution in [3.63, 3.8) is 0 Å². The van der Waals surface area contributed by atoms with Crippen molar-refractivity contribution in [2.24, 2.45) is 0 Å². The fraction of sp³-hybridized carbons (Fsp3) is 0.385. The highest BCUT2D eigenvalue weighted by Crippen LogP contribution is 2.23. The molecule has 1 atom stereocenters. The minimum absolute atomic E-state index is 0.377. The van der Waals surface area contributed by atoms with Crippen LogP contribution >= 0.6 is 11.8 Å². The van der Waals surface area contributed by atoms with Gasteiger partial charge < -0.3 is 20.2 Å². The van der Waals surface area contributed by atoms with E-state index in [0.29, 0.717) is 17.3 Å². The zero-order valence-electron chi connectivity index (χ0n) is 11.4. The first kappa shape index (κ1) is 14.5. The van der Waals surface area contributed by atoms with Crippen molar-refractivity contribution < 1.29 is 14.7 Å². The largest absolute Gasteiger partial charge is 0.480 e. The SMILES string of the molecule is CN(C)c1cccc(NC(=O)N2CSCC2C(=O)O)c1. The molecule has 1 aromatic rings. The summed E-state index contributed by atoms with van der Waals surface area (Å²) in [7, 11) is 3.83. The third kappa shape index (κ3) is 3.16. The molecule has 2 amide bonds. The van der Waals surface area contributed by atoms with Crippen molar-refractivity contribution in [3.05, 3.63) is 24.3 Å². The summed E-state index contributed by atoms with van der Waals surface area (Å²) in [6, 6.07) is 6.27. The van der Waals surface area contributed by atoms with Crippen molar-refractivity contribution in [2.75, 3.05) is 35.9 Å². The van der Waals surface area contributed by atoms with Crippen molar-refractivity contribution in [3.8, 4) is 0 Å². The van der Waals surface area contributed by atoms with Crippen LogP contribution in [0.1, 0.15) is 0 Å². The van der Waals surface area contributed by atoms with Gasteiger partial charge in [-0.05, 0) is 18.2 Å². The number of rotatable bonds is 3. The second-order valence-corrected chi connectivity index (χ2v) is 5.70. The molecule has 0 aromatic heterocycles. The second-order valence-electron chi connectivity index (χ2n) is 4.70. The molecule has 0 bridgehead atoms. The number of aliphatic carboxylic acids is 1. The third-order valence-electron chi connectivity index (χ3n) is 3.04. The minimum atomic E-state index is -0.966. The number of carboxylic acids is 1. The van der Waals surface area contributed by atoms with Crippen molar-refractivity contribution in [2.45, 2.75) is 6.04 Å². The summed E-state index contributed by atoms with van der Waals surface area (Å²) >= 11 is 1.44. The van der Waals surface area contributed by atoms with Crippen LogP contribution in [0.2, 0.25) is 0 Å². The zero-order chi connectivity index (χ0) is 14.7. The summed E-state index contributed by atoms with van der Waals surface area (Å²) in [6.07, 6.45) is 0. The van der Waals surface area contributed by atoms with E-state index in [0.717, 1.165) is 5.69 Å². The normalized spacial score (nSPS) is 17.9. The van der Waals surface area contributed by atoms with Gasteiger partial charge in [0.15, 0.2) is 0 Å².